The topological polar surface area (TPSA) is 93.6 Å². The zero-order chi connectivity index (χ0) is 14.5. The van der Waals surface area contributed by atoms with Crippen LogP contribution in [0, 0.1) is 0 Å². The summed E-state index contributed by atoms with van der Waals surface area (Å²) in [6.07, 6.45) is 2.61. The van der Waals surface area contributed by atoms with Gasteiger partial charge in [-0.1, -0.05) is 0 Å². The number of carbonyl (C=O) groups is 1. The third-order valence-electron chi connectivity index (χ3n) is 2.53. The van der Waals surface area contributed by atoms with Crippen molar-refractivity contribution in [3.8, 4) is 11.5 Å². The average molecular weight is 275 g/mol. The Bertz CT molecular complexity index is 631. The number of carboxylic acids is 1. The molecule has 0 bridgehead atoms. The van der Waals surface area contributed by atoms with Crippen molar-refractivity contribution in [3.05, 3.63) is 36.3 Å². The SMILES string of the molecule is COc1ccc(Nc2cncc(C(=O)O)n2)c(OC)c1. The highest BCUT2D eigenvalue weighted by atomic mass is 16.5. The Morgan fingerprint density at radius 1 is 1.25 bits per heavy atom. The van der Waals surface area contributed by atoms with Crippen LogP contribution in [0.2, 0.25) is 0 Å². The van der Waals surface area contributed by atoms with Crippen molar-refractivity contribution in [2.45, 2.75) is 0 Å². The Morgan fingerprint density at radius 3 is 2.70 bits per heavy atom. The first-order valence-electron chi connectivity index (χ1n) is 5.68. The zero-order valence-electron chi connectivity index (χ0n) is 11.0. The molecule has 0 aliphatic rings. The van der Waals surface area contributed by atoms with Gasteiger partial charge in [0.2, 0.25) is 0 Å². The van der Waals surface area contributed by atoms with E-state index in [0.29, 0.717) is 23.0 Å². The molecule has 1 aromatic carbocycles. The Kier molecular flexibility index (Phi) is 3.99. The summed E-state index contributed by atoms with van der Waals surface area (Å²) in [6.45, 7) is 0. The summed E-state index contributed by atoms with van der Waals surface area (Å²) in [5.41, 5.74) is 0.493. The second kappa shape index (κ2) is 5.87. The predicted molar refractivity (Wildman–Crippen MR) is 71.8 cm³/mol. The number of aromatic carboxylic acids is 1. The molecule has 0 radical (unpaired) electrons. The van der Waals surface area contributed by atoms with E-state index >= 15 is 0 Å². The fourth-order valence-corrected chi connectivity index (χ4v) is 1.57. The molecule has 7 nitrogen and oxygen atoms in total. The summed E-state index contributed by atoms with van der Waals surface area (Å²) in [6, 6.07) is 5.20. The van der Waals surface area contributed by atoms with Gasteiger partial charge in [0, 0.05) is 6.07 Å². The Morgan fingerprint density at radius 2 is 2.05 bits per heavy atom. The van der Waals surface area contributed by atoms with Gasteiger partial charge in [-0.3, -0.25) is 4.98 Å². The maximum absolute atomic E-state index is 10.8. The number of carboxylic acid groups (broad SMARTS) is 1. The van der Waals surface area contributed by atoms with Gasteiger partial charge in [0.25, 0.3) is 0 Å². The maximum atomic E-state index is 10.8. The van der Waals surface area contributed by atoms with Crippen LogP contribution in [0.15, 0.2) is 30.6 Å². The summed E-state index contributed by atoms with van der Waals surface area (Å²) >= 11 is 0. The number of aromatic nitrogens is 2. The van der Waals surface area contributed by atoms with Crippen LogP contribution in [0.4, 0.5) is 11.5 Å². The molecule has 0 unspecified atom stereocenters. The first kappa shape index (κ1) is 13.6. The molecule has 0 amide bonds. The lowest BCUT2D eigenvalue weighted by Crippen LogP contribution is -2.04. The third-order valence-corrected chi connectivity index (χ3v) is 2.53. The largest absolute Gasteiger partial charge is 0.497 e. The summed E-state index contributed by atoms with van der Waals surface area (Å²) in [4.78, 5) is 18.6. The number of nitrogens with one attached hydrogen (secondary N) is 1. The average Bonchev–Trinajstić information content (AvgIpc) is 2.48. The normalized spacial score (nSPS) is 9.90. The fourth-order valence-electron chi connectivity index (χ4n) is 1.57. The summed E-state index contributed by atoms with van der Waals surface area (Å²) in [7, 11) is 3.09. The van der Waals surface area contributed by atoms with Crippen LogP contribution in [0.25, 0.3) is 0 Å². The minimum atomic E-state index is -1.14. The van der Waals surface area contributed by atoms with Crippen molar-refractivity contribution in [1.82, 2.24) is 9.97 Å². The van der Waals surface area contributed by atoms with E-state index in [9.17, 15) is 4.79 Å². The minimum absolute atomic E-state index is 0.137. The lowest BCUT2D eigenvalue weighted by atomic mass is 10.2. The summed E-state index contributed by atoms with van der Waals surface area (Å²) in [5, 5.41) is 11.8. The van der Waals surface area contributed by atoms with E-state index in [1.165, 1.54) is 19.5 Å². The number of hydrogen-bond acceptors (Lipinski definition) is 6. The smallest absolute Gasteiger partial charge is 0.356 e. The lowest BCUT2D eigenvalue weighted by Gasteiger charge is -2.11. The lowest BCUT2D eigenvalue weighted by molar-refractivity contribution is 0.0690. The molecule has 0 spiro atoms. The van der Waals surface area contributed by atoms with E-state index in [1.54, 1.807) is 25.3 Å². The molecular weight excluding hydrogens is 262 g/mol. The molecular formula is C13H13N3O4. The van der Waals surface area contributed by atoms with Crippen molar-refractivity contribution in [2.24, 2.45) is 0 Å². The molecule has 0 atom stereocenters. The minimum Gasteiger partial charge on any atom is -0.497 e. The predicted octanol–water partition coefficient (Wildman–Crippen LogP) is 1.94. The highest BCUT2D eigenvalue weighted by Gasteiger charge is 2.09. The summed E-state index contributed by atoms with van der Waals surface area (Å²) in [5.74, 6) is 0.376. The van der Waals surface area contributed by atoms with E-state index in [1.807, 2.05) is 0 Å². The molecule has 2 rings (SSSR count). The fraction of sp³-hybridized carbons (Fsp3) is 0.154. The number of methoxy groups -OCH3 is 2. The van der Waals surface area contributed by atoms with Crippen LogP contribution in [-0.2, 0) is 0 Å². The monoisotopic (exact) mass is 275 g/mol. The Balaban J connectivity index is 2.29. The number of nitrogens with zero attached hydrogens (tertiary/aromatic N) is 2. The molecule has 0 aliphatic heterocycles. The molecule has 0 aliphatic carbocycles. The molecule has 1 aromatic heterocycles. The van der Waals surface area contributed by atoms with Gasteiger partial charge >= 0.3 is 5.97 Å². The van der Waals surface area contributed by atoms with Gasteiger partial charge in [0.1, 0.15) is 17.3 Å². The zero-order valence-corrected chi connectivity index (χ0v) is 11.0. The molecule has 2 aromatic rings. The third kappa shape index (κ3) is 2.94. The van der Waals surface area contributed by atoms with E-state index in [0.717, 1.165) is 0 Å². The number of hydrogen-bond donors (Lipinski definition) is 2. The van der Waals surface area contributed by atoms with Crippen molar-refractivity contribution >= 4 is 17.5 Å². The van der Waals surface area contributed by atoms with Crippen LogP contribution in [0.1, 0.15) is 10.5 Å². The first-order valence-corrected chi connectivity index (χ1v) is 5.68. The van der Waals surface area contributed by atoms with Gasteiger partial charge in [0.05, 0.1) is 32.3 Å². The molecule has 1 heterocycles. The quantitative estimate of drug-likeness (QED) is 0.861. The molecule has 104 valence electrons. The molecule has 0 saturated carbocycles. The summed E-state index contributed by atoms with van der Waals surface area (Å²) < 4.78 is 10.3. The van der Waals surface area contributed by atoms with E-state index in [2.05, 4.69) is 15.3 Å². The number of anilines is 2. The standard InChI is InChI=1S/C13H13N3O4/c1-19-8-3-4-9(11(5-8)20-2)15-12-7-14-6-10(16-12)13(17)18/h3-7H,1-2H3,(H,15,16)(H,17,18). The van der Waals surface area contributed by atoms with Gasteiger partial charge in [-0.05, 0) is 12.1 Å². The van der Waals surface area contributed by atoms with Crippen molar-refractivity contribution in [3.63, 3.8) is 0 Å². The van der Waals surface area contributed by atoms with E-state index < -0.39 is 5.97 Å². The molecule has 0 saturated heterocycles. The number of benzene rings is 1. The van der Waals surface area contributed by atoms with Gasteiger partial charge < -0.3 is 19.9 Å². The van der Waals surface area contributed by atoms with Crippen LogP contribution in [0.3, 0.4) is 0 Å². The van der Waals surface area contributed by atoms with Crippen LogP contribution >= 0.6 is 0 Å². The molecule has 20 heavy (non-hydrogen) atoms. The Hall–Kier alpha value is -2.83. The number of rotatable bonds is 5. The van der Waals surface area contributed by atoms with Gasteiger partial charge in [-0.15, -0.1) is 0 Å². The molecule has 7 heteroatoms. The van der Waals surface area contributed by atoms with Gasteiger partial charge in [-0.2, -0.15) is 0 Å². The highest BCUT2D eigenvalue weighted by molar-refractivity contribution is 5.85. The maximum Gasteiger partial charge on any atom is 0.356 e. The second-order valence-corrected chi connectivity index (χ2v) is 3.79. The second-order valence-electron chi connectivity index (χ2n) is 3.79. The Labute approximate surface area is 115 Å². The molecule has 0 fully saturated rings. The molecule has 2 N–H and O–H groups in total. The van der Waals surface area contributed by atoms with Crippen molar-refractivity contribution in [1.29, 1.82) is 0 Å². The van der Waals surface area contributed by atoms with E-state index in [4.69, 9.17) is 14.6 Å². The van der Waals surface area contributed by atoms with Crippen LogP contribution in [0.5, 0.6) is 11.5 Å². The highest BCUT2D eigenvalue weighted by Crippen LogP contribution is 2.30. The van der Waals surface area contributed by atoms with Gasteiger partial charge in [0.15, 0.2) is 5.69 Å². The van der Waals surface area contributed by atoms with Crippen molar-refractivity contribution in [2.75, 3.05) is 19.5 Å². The van der Waals surface area contributed by atoms with Crippen LogP contribution < -0.4 is 14.8 Å². The van der Waals surface area contributed by atoms with Crippen molar-refractivity contribution < 1.29 is 19.4 Å². The first-order chi connectivity index (χ1) is 9.63. The van der Waals surface area contributed by atoms with E-state index in [-0.39, 0.29) is 5.69 Å². The van der Waals surface area contributed by atoms with Gasteiger partial charge in [-0.25, -0.2) is 9.78 Å². The van der Waals surface area contributed by atoms with Crippen LogP contribution in [-0.4, -0.2) is 35.3 Å². The number of ether oxygens (including phenoxy) is 2.